The normalized spacial score (nSPS) is 9.00. The van der Waals surface area contributed by atoms with Crippen LogP contribution >= 0.6 is 0 Å². The van der Waals surface area contributed by atoms with Crippen LogP contribution in [0.1, 0.15) is 12.8 Å². The fourth-order valence-electron chi connectivity index (χ4n) is 0.435. The highest BCUT2D eigenvalue weighted by Crippen LogP contribution is 1.89. The third kappa shape index (κ3) is 7.46. The van der Waals surface area contributed by atoms with Crippen molar-refractivity contribution in [1.82, 2.24) is 0 Å². The zero-order valence-electron chi connectivity index (χ0n) is 5.38. The van der Waals surface area contributed by atoms with Crippen LogP contribution in [0.5, 0.6) is 0 Å². The van der Waals surface area contributed by atoms with Gasteiger partial charge in [-0.3, -0.25) is 5.26 Å². The zero-order chi connectivity index (χ0) is 6.95. The average Bonchev–Trinajstić information content (AvgIpc) is 1.89. The molecule has 0 aromatic heterocycles. The summed E-state index contributed by atoms with van der Waals surface area (Å²) in [6.07, 6.45) is 3.09. The minimum atomic E-state index is 0.375. The van der Waals surface area contributed by atoms with Crippen molar-refractivity contribution in [3.05, 3.63) is 12.8 Å². The van der Waals surface area contributed by atoms with Crippen molar-refractivity contribution in [2.75, 3.05) is 13.2 Å². The van der Waals surface area contributed by atoms with Gasteiger partial charge in [-0.25, -0.2) is 4.89 Å². The topological polar surface area (TPSA) is 38.7 Å². The Morgan fingerprint density at radius 3 is 2.56 bits per heavy atom. The second-order valence-corrected chi connectivity index (χ2v) is 1.58. The zero-order valence-corrected chi connectivity index (χ0v) is 5.38. The van der Waals surface area contributed by atoms with Crippen LogP contribution in [0.4, 0.5) is 0 Å². The minimum Gasteiger partial charge on any atom is -0.502 e. The largest absolute Gasteiger partial charge is 0.502 e. The maximum absolute atomic E-state index is 7.86. The SMILES string of the molecule is C=COCCCCOO. The highest BCUT2D eigenvalue weighted by Gasteiger charge is 1.85. The van der Waals surface area contributed by atoms with Gasteiger partial charge in [-0.2, -0.15) is 0 Å². The number of unbranched alkanes of at least 4 members (excludes halogenated alkanes) is 1. The Morgan fingerprint density at radius 2 is 2.00 bits per heavy atom. The first-order valence-electron chi connectivity index (χ1n) is 2.90. The Labute approximate surface area is 54.8 Å². The van der Waals surface area contributed by atoms with Gasteiger partial charge >= 0.3 is 0 Å². The van der Waals surface area contributed by atoms with Crippen molar-refractivity contribution in [2.45, 2.75) is 12.8 Å². The summed E-state index contributed by atoms with van der Waals surface area (Å²) in [4.78, 5) is 3.84. The highest BCUT2D eigenvalue weighted by molar-refractivity contribution is 4.48. The Morgan fingerprint density at radius 1 is 1.33 bits per heavy atom. The lowest BCUT2D eigenvalue weighted by Gasteiger charge is -1.97. The molecule has 0 rings (SSSR count). The van der Waals surface area contributed by atoms with Crippen molar-refractivity contribution < 1.29 is 14.9 Å². The molecule has 0 heterocycles. The van der Waals surface area contributed by atoms with E-state index in [2.05, 4.69) is 11.5 Å². The van der Waals surface area contributed by atoms with Gasteiger partial charge in [-0.05, 0) is 12.8 Å². The van der Waals surface area contributed by atoms with E-state index in [1.807, 2.05) is 0 Å². The molecule has 0 saturated carbocycles. The molecule has 0 aromatic rings. The van der Waals surface area contributed by atoms with Crippen LogP contribution in [0.15, 0.2) is 12.8 Å². The van der Waals surface area contributed by atoms with Crippen molar-refractivity contribution in [1.29, 1.82) is 0 Å². The standard InChI is InChI=1S/C6H12O3/c1-2-8-5-3-4-6-9-7/h2,7H,1,3-6H2. The van der Waals surface area contributed by atoms with Gasteiger partial charge in [-0.15, -0.1) is 0 Å². The smallest absolute Gasteiger partial charge is 0.0873 e. The van der Waals surface area contributed by atoms with Crippen molar-refractivity contribution in [3.63, 3.8) is 0 Å². The van der Waals surface area contributed by atoms with E-state index in [9.17, 15) is 0 Å². The predicted molar refractivity (Wildman–Crippen MR) is 34.0 cm³/mol. The van der Waals surface area contributed by atoms with E-state index in [-0.39, 0.29) is 0 Å². The summed E-state index contributed by atoms with van der Waals surface area (Å²) >= 11 is 0. The lowest BCUT2D eigenvalue weighted by atomic mass is 10.3. The molecule has 3 heteroatoms. The molecule has 0 bridgehead atoms. The quantitative estimate of drug-likeness (QED) is 0.257. The second kappa shape index (κ2) is 7.46. The Bertz CT molecular complexity index is 63.3. The summed E-state index contributed by atoms with van der Waals surface area (Å²) in [5.74, 6) is 0. The summed E-state index contributed by atoms with van der Waals surface area (Å²) in [6.45, 7) is 4.40. The molecule has 0 amide bonds. The molecule has 0 unspecified atom stereocenters. The molecule has 0 aromatic carbocycles. The highest BCUT2D eigenvalue weighted by atomic mass is 17.1. The first kappa shape index (κ1) is 8.46. The molecule has 0 saturated heterocycles. The first-order valence-corrected chi connectivity index (χ1v) is 2.90. The summed E-state index contributed by atoms with van der Waals surface area (Å²) < 4.78 is 4.81. The molecule has 0 spiro atoms. The van der Waals surface area contributed by atoms with E-state index in [1.54, 1.807) is 0 Å². The van der Waals surface area contributed by atoms with E-state index in [0.29, 0.717) is 13.2 Å². The van der Waals surface area contributed by atoms with Crippen LogP contribution in [0.3, 0.4) is 0 Å². The van der Waals surface area contributed by atoms with Gasteiger partial charge in [0.1, 0.15) is 0 Å². The lowest BCUT2D eigenvalue weighted by Crippen LogP contribution is -1.92. The van der Waals surface area contributed by atoms with Gasteiger partial charge in [0.25, 0.3) is 0 Å². The third-order valence-corrected chi connectivity index (χ3v) is 0.866. The van der Waals surface area contributed by atoms with E-state index in [1.165, 1.54) is 6.26 Å². The predicted octanol–water partition coefficient (Wildman–Crippen LogP) is 1.42. The van der Waals surface area contributed by atoms with Crippen LogP contribution in [0.2, 0.25) is 0 Å². The van der Waals surface area contributed by atoms with E-state index < -0.39 is 0 Å². The summed E-state index contributed by atoms with van der Waals surface area (Å²) in [6, 6.07) is 0. The van der Waals surface area contributed by atoms with Gasteiger partial charge in [0.05, 0.1) is 19.5 Å². The molecule has 0 fully saturated rings. The molecule has 0 aliphatic heterocycles. The Kier molecular flexibility index (Phi) is 7.01. The number of hydrogen-bond acceptors (Lipinski definition) is 3. The monoisotopic (exact) mass is 132 g/mol. The summed E-state index contributed by atoms with van der Waals surface area (Å²) in [5.41, 5.74) is 0. The van der Waals surface area contributed by atoms with Crippen LogP contribution in [-0.2, 0) is 9.62 Å². The van der Waals surface area contributed by atoms with Gasteiger partial charge in [0, 0.05) is 0 Å². The molecule has 54 valence electrons. The number of hydrogen-bond donors (Lipinski definition) is 1. The molecular formula is C6H12O3. The molecule has 0 atom stereocenters. The molecular weight excluding hydrogens is 120 g/mol. The van der Waals surface area contributed by atoms with Gasteiger partial charge in [-0.1, -0.05) is 6.58 Å². The number of ether oxygens (including phenoxy) is 1. The summed E-state index contributed by atoms with van der Waals surface area (Å²) in [7, 11) is 0. The fourth-order valence-corrected chi connectivity index (χ4v) is 0.435. The van der Waals surface area contributed by atoms with Crippen molar-refractivity contribution in [3.8, 4) is 0 Å². The van der Waals surface area contributed by atoms with Crippen molar-refractivity contribution >= 4 is 0 Å². The maximum Gasteiger partial charge on any atom is 0.0873 e. The van der Waals surface area contributed by atoms with Crippen LogP contribution in [0.25, 0.3) is 0 Å². The van der Waals surface area contributed by atoms with Crippen LogP contribution in [-0.4, -0.2) is 18.5 Å². The first-order chi connectivity index (χ1) is 4.41. The Hall–Kier alpha value is -0.540. The van der Waals surface area contributed by atoms with Gasteiger partial charge < -0.3 is 4.74 Å². The third-order valence-electron chi connectivity index (χ3n) is 0.866. The molecule has 0 radical (unpaired) electrons. The lowest BCUT2D eigenvalue weighted by molar-refractivity contribution is -0.242. The molecule has 0 aliphatic rings. The van der Waals surface area contributed by atoms with E-state index >= 15 is 0 Å². The average molecular weight is 132 g/mol. The van der Waals surface area contributed by atoms with Gasteiger partial charge in [0.2, 0.25) is 0 Å². The molecule has 9 heavy (non-hydrogen) atoms. The van der Waals surface area contributed by atoms with E-state index in [4.69, 9.17) is 9.99 Å². The molecule has 0 aliphatic carbocycles. The van der Waals surface area contributed by atoms with Crippen LogP contribution < -0.4 is 0 Å². The molecule has 3 nitrogen and oxygen atoms in total. The van der Waals surface area contributed by atoms with Crippen LogP contribution in [0, 0.1) is 0 Å². The van der Waals surface area contributed by atoms with Gasteiger partial charge in [0.15, 0.2) is 0 Å². The number of rotatable bonds is 6. The maximum atomic E-state index is 7.86. The fraction of sp³-hybridized carbons (Fsp3) is 0.667. The second-order valence-electron chi connectivity index (χ2n) is 1.58. The van der Waals surface area contributed by atoms with Crippen molar-refractivity contribution in [2.24, 2.45) is 0 Å². The molecule has 1 N–H and O–H groups in total. The van der Waals surface area contributed by atoms with E-state index in [0.717, 1.165) is 12.8 Å². The minimum absolute atomic E-state index is 0.375. The summed E-state index contributed by atoms with van der Waals surface area (Å²) in [5, 5.41) is 7.86. The Balaban J connectivity index is 2.66.